The first-order chi connectivity index (χ1) is 11.8. The number of rotatable bonds is 3. The first kappa shape index (κ1) is 17.1. The van der Waals surface area contributed by atoms with Crippen LogP contribution in [0.25, 0.3) is 10.1 Å². The van der Waals surface area contributed by atoms with E-state index in [0.717, 1.165) is 16.9 Å². The third-order valence-corrected chi connectivity index (χ3v) is 5.10. The Kier molecular flexibility index (Phi) is 4.30. The molecule has 2 aromatic carbocycles. The van der Waals surface area contributed by atoms with E-state index in [4.69, 9.17) is 0 Å². The van der Waals surface area contributed by atoms with E-state index in [9.17, 15) is 14.9 Å². The van der Waals surface area contributed by atoms with Crippen LogP contribution in [0.2, 0.25) is 0 Å². The van der Waals surface area contributed by atoms with Crippen molar-refractivity contribution in [3.63, 3.8) is 0 Å². The fourth-order valence-corrected chi connectivity index (χ4v) is 3.60. The molecule has 0 radical (unpaired) electrons. The number of nitrogens with one attached hydrogen (secondary N) is 1. The van der Waals surface area contributed by atoms with Crippen LogP contribution in [0.5, 0.6) is 0 Å². The second-order valence-electron chi connectivity index (χ2n) is 6.85. The lowest BCUT2D eigenvalue weighted by Gasteiger charge is -2.19. The number of nitro benzene ring substituents is 1. The Bertz CT molecular complexity index is 970. The maximum atomic E-state index is 12.6. The molecule has 3 rings (SSSR count). The van der Waals surface area contributed by atoms with Gasteiger partial charge < -0.3 is 5.32 Å². The Morgan fingerprint density at radius 2 is 1.84 bits per heavy atom. The van der Waals surface area contributed by atoms with Crippen molar-refractivity contribution in [1.82, 2.24) is 0 Å². The molecule has 3 aromatic rings. The highest BCUT2D eigenvalue weighted by Gasteiger charge is 2.18. The first-order valence-corrected chi connectivity index (χ1v) is 8.66. The van der Waals surface area contributed by atoms with Crippen molar-refractivity contribution in [3.05, 3.63) is 69.1 Å². The molecule has 0 spiro atoms. The molecule has 128 valence electrons. The lowest BCUT2D eigenvalue weighted by molar-refractivity contribution is -0.382. The van der Waals surface area contributed by atoms with E-state index in [1.807, 2.05) is 24.3 Å². The third kappa shape index (κ3) is 3.53. The number of carbonyl (C=O) groups excluding carboxylic acids is 1. The molecular formula is C19H18N2O3S. The van der Waals surface area contributed by atoms with Gasteiger partial charge in [-0.3, -0.25) is 14.9 Å². The molecule has 0 aliphatic carbocycles. The number of thiophene rings is 1. The molecule has 6 heteroatoms. The molecule has 0 aliphatic heterocycles. The molecule has 1 aromatic heterocycles. The predicted molar refractivity (Wildman–Crippen MR) is 102 cm³/mol. The van der Waals surface area contributed by atoms with E-state index in [1.165, 1.54) is 6.07 Å². The largest absolute Gasteiger partial charge is 0.321 e. The molecule has 1 N–H and O–H groups in total. The fourth-order valence-electron chi connectivity index (χ4n) is 2.56. The number of benzene rings is 2. The smallest absolute Gasteiger partial charge is 0.287 e. The molecule has 0 aliphatic rings. The minimum absolute atomic E-state index is 0.0149. The number of amides is 1. The van der Waals surface area contributed by atoms with Gasteiger partial charge in [0.15, 0.2) is 0 Å². The van der Waals surface area contributed by atoms with Crippen LogP contribution in [0.15, 0.2) is 48.5 Å². The molecule has 0 saturated carbocycles. The van der Waals surface area contributed by atoms with Gasteiger partial charge in [-0.1, -0.05) is 45.0 Å². The minimum atomic E-state index is -0.423. The molecule has 0 fully saturated rings. The van der Waals surface area contributed by atoms with Gasteiger partial charge >= 0.3 is 0 Å². The summed E-state index contributed by atoms with van der Waals surface area (Å²) in [4.78, 5) is 23.7. The van der Waals surface area contributed by atoms with E-state index in [1.54, 1.807) is 18.2 Å². The van der Waals surface area contributed by atoms with Crippen molar-refractivity contribution in [2.45, 2.75) is 26.2 Å². The Morgan fingerprint density at radius 3 is 2.52 bits per heavy atom. The van der Waals surface area contributed by atoms with Gasteiger partial charge in [-0.05, 0) is 29.2 Å². The van der Waals surface area contributed by atoms with Crippen LogP contribution in [0.1, 0.15) is 36.0 Å². The van der Waals surface area contributed by atoms with Crippen LogP contribution in [0.3, 0.4) is 0 Å². The Morgan fingerprint density at radius 1 is 1.12 bits per heavy atom. The van der Waals surface area contributed by atoms with E-state index in [-0.39, 0.29) is 17.0 Å². The summed E-state index contributed by atoms with van der Waals surface area (Å²) >= 11 is 1.14. The van der Waals surface area contributed by atoms with Crippen LogP contribution in [-0.2, 0) is 5.41 Å². The summed E-state index contributed by atoms with van der Waals surface area (Å²) in [6.45, 7) is 6.33. The summed E-state index contributed by atoms with van der Waals surface area (Å²) in [5, 5.41) is 14.7. The topological polar surface area (TPSA) is 72.2 Å². The Labute approximate surface area is 149 Å². The normalized spacial score (nSPS) is 11.5. The molecule has 0 saturated heterocycles. The second kappa shape index (κ2) is 6.29. The number of hydrogen-bond acceptors (Lipinski definition) is 4. The summed E-state index contributed by atoms with van der Waals surface area (Å²) in [6.07, 6.45) is 0. The van der Waals surface area contributed by atoms with Crippen LogP contribution >= 0.6 is 11.3 Å². The predicted octanol–water partition coefficient (Wildman–Crippen LogP) is 5.36. The van der Waals surface area contributed by atoms with Crippen LogP contribution in [0.4, 0.5) is 11.4 Å². The van der Waals surface area contributed by atoms with Crippen molar-refractivity contribution in [2.24, 2.45) is 0 Å². The average molecular weight is 354 g/mol. The number of hydrogen-bond donors (Lipinski definition) is 1. The van der Waals surface area contributed by atoms with Crippen LogP contribution in [-0.4, -0.2) is 10.8 Å². The van der Waals surface area contributed by atoms with Gasteiger partial charge in [0.05, 0.1) is 9.80 Å². The highest BCUT2D eigenvalue weighted by atomic mass is 32.1. The Balaban J connectivity index is 1.91. The van der Waals surface area contributed by atoms with E-state index in [2.05, 4.69) is 26.1 Å². The quantitative estimate of drug-likeness (QED) is 0.508. The van der Waals surface area contributed by atoms with Gasteiger partial charge in [0.25, 0.3) is 11.6 Å². The molecule has 0 atom stereocenters. The minimum Gasteiger partial charge on any atom is -0.321 e. The van der Waals surface area contributed by atoms with Crippen molar-refractivity contribution in [2.75, 3.05) is 5.32 Å². The highest BCUT2D eigenvalue weighted by molar-refractivity contribution is 7.21. The molecule has 0 unspecified atom stereocenters. The van der Waals surface area contributed by atoms with E-state index in [0.29, 0.717) is 20.7 Å². The number of carbonyl (C=O) groups is 1. The van der Waals surface area contributed by atoms with Gasteiger partial charge in [0.2, 0.25) is 0 Å². The molecule has 25 heavy (non-hydrogen) atoms. The maximum Gasteiger partial charge on any atom is 0.287 e. The van der Waals surface area contributed by atoms with E-state index >= 15 is 0 Å². The first-order valence-electron chi connectivity index (χ1n) is 7.84. The second-order valence-corrected chi connectivity index (χ2v) is 7.90. The molecule has 5 nitrogen and oxygen atoms in total. The number of fused-ring (bicyclic) bond motifs is 1. The van der Waals surface area contributed by atoms with Crippen molar-refractivity contribution in [3.8, 4) is 0 Å². The van der Waals surface area contributed by atoms with Gasteiger partial charge in [0.1, 0.15) is 4.70 Å². The number of anilines is 1. The van der Waals surface area contributed by atoms with Crippen LogP contribution < -0.4 is 5.32 Å². The van der Waals surface area contributed by atoms with Crippen molar-refractivity contribution >= 4 is 38.7 Å². The zero-order valence-electron chi connectivity index (χ0n) is 14.2. The zero-order valence-corrected chi connectivity index (χ0v) is 15.0. The summed E-state index contributed by atoms with van der Waals surface area (Å²) in [5.74, 6) is -0.262. The fraction of sp³-hybridized carbons (Fsp3) is 0.211. The third-order valence-electron chi connectivity index (χ3n) is 3.93. The number of non-ortho nitro benzene ring substituents is 1. The lowest BCUT2D eigenvalue weighted by atomic mass is 9.87. The average Bonchev–Trinajstić information content (AvgIpc) is 2.98. The zero-order chi connectivity index (χ0) is 18.2. The lowest BCUT2D eigenvalue weighted by Crippen LogP contribution is -2.13. The molecule has 1 heterocycles. The van der Waals surface area contributed by atoms with Gasteiger partial charge in [0, 0.05) is 17.1 Å². The molecule has 1 amide bonds. The summed E-state index contributed by atoms with van der Waals surface area (Å²) in [5.41, 5.74) is 1.84. The molecule has 0 bridgehead atoms. The highest BCUT2D eigenvalue weighted by Crippen LogP contribution is 2.33. The monoisotopic (exact) mass is 354 g/mol. The standard InChI is InChI=1S/C19H18N2O3S/c1-19(2,3)13-7-5-8-14(11-13)20-18(22)16-10-12-6-4-9-15(21(23)24)17(12)25-16/h4-11H,1-3H3,(H,20,22). The van der Waals surface area contributed by atoms with Crippen molar-refractivity contribution < 1.29 is 9.72 Å². The summed E-state index contributed by atoms with van der Waals surface area (Å²) in [7, 11) is 0. The van der Waals surface area contributed by atoms with Gasteiger partial charge in [-0.25, -0.2) is 0 Å². The maximum absolute atomic E-state index is 12.6. The number of nitrogens with zero attached hydrogens (tertiary/aromatic N) is 1. The summed E-state index contributed by atoms with van der Waals surface area (Å²) < 4.78 is 0.515. The van der Waals surface area contributed by atoms with Gasteiger partial charge in [-0.15, -0.1) is 11.3 Å². The summed E-state index contributed by atoms with van der Waals surface area (Å²) in [6, 6.07) is 14.3. The SMILES string of the molecule is CC(C)(C)c1cccc(NC(=O)c2cc3cccc([N+](=O)[O-])c3s2)c1. The molecular weight excluding hydrogens is 336 g/mol. The van der Waals surface area contributed by atoms with E-state index < -0.39 is 4.92 Å². The van der Waals surface area contributed by atoms with Gasteiger partial charge in [-0.2, -0.15) is 0 Å². The Hall–Kier alpha value is -2.73. The van der Waals surface area contributed by atoms with Crippen molar-refractivity contribution in [1.29, 1.82) is 0 Å². The van der Waals surface area contributed by atoms with Crippen LogP contribution in [0, 0.1) is 10.1 Å². The number of nitro groups is 1.